The molecule has 2 N–H and O–H groups in total. The van der Waals surface area contributed by atoms with Crippen molar-refractivity contribution in [3.8, 4) is 0 Å². The number of carbonyl (C=O) groups excluding carboxylic acids is 2. The van der Waals surface area contributed by atoms with E-state index in [9.17, 15) is 19.5 Å². The summed E-state index contributed by atoms with van der Waals surface area (Å²) >= 11 is 0. The third kappa shape index (κ3) is 5.69. The van der Waals surface area contributed by atoms with Crippen molar-refractivity contribution in [2.24, 2.45) is 11.8 Å². The van der Waals surface area contributed by atoms with Crippen molar-refractivity contribution in [2.45, 2.75) is 85.4 Å². The van der Waals surface area contributed by atoms with Gasteiger partial charge in [-0.2, -0.15) is 0 Å². The van der Waals surface area contributed by atoms with E-state index in [0.29, 0.717) is 19.4 Å². The smallest absolute Gasteiger partial charge is 0.326 e. The van der Waals surface area contributed by atoms with E-state index >= 15 is 0 Å². The van der Waals surface area contributed by atoms with Gasteiger partial charge in [0.15, 0.2) is 0 Å². The number of likely N-dealkylation sites (tertiary alicyclic amines) is 1. The van der Waals surface area contributed by atoms with Gasteiger partial charge in [0.1, 0.15) is 12.1 Å². The Kier molecular flexibility index (Phi) is 9.93. The maximum absolute atomic E-state index is 13.2. The Morgan fingerprint density at radius 3 is 2.11 bits per heavy atom. The standard InChI is InChI=1S/C21H39N3O4/c1-7-14(5)17(20(26)24-13-11-12-16(24)21(27)28)22-19(25)18(15(6)8-2)23(9-3)10-4/h14-18H,7-13H2,1-6H3,(H,22,25)(H,27,28)/t14-,15-,16-,17-,18-/m0/s1. The van der Waals surface area contributed by atoms with Crippen LogP contribution in [-0.2, 0) is 14.4 Å². The molecule has 1 fully saturated rings. The molecule has 1 rings (SSSR count). The van der Waals surface area contributed by atoms with Crippen molar-refractivity contribution in [3.05, 3.63) is 0 Å². The lowest BCUT2D eigenvalue weighted by atomic mass is 9.93. The number of hydrogen-bond acceptors (Lipinski definition) is 4. The van der Waals surface area contributed by atoms with Crippen LogP contribution in [0.25, 0.3) is 0 Å². The van der Waals surface area contributed by atoms with Gasteiger partial charge in [0.05, 0.1) is 6.04 Å². The molecule has 0 aromatic carbocycles. The molecule has 0 aliphatic carbocycles. The summed E-state index contributed by atoms with van der Waals surface area (Å²) in [6.07, 6.45) is 2.74. The summed E-state index contributed by atoms with van der Waals surface area (Å²) in [6.45, 7) is 14.1. The third-order valence-corrected chi connectivity index (χ3v) is 6.26. The topological polar surface area (TPSA) is 90.0 Å². The van der Waals surface area contributed by atoms with Crippen LogP contribution in [0, 0.1) is 11.8 Å². The summed E-state index contributed by atoms with van der Waals surface area (Å²) in [7, 11) is 0. The molecule has 162 valence electrons. The summed E-state index contributed by atoms with van der Waals surface area (Å²) in [6, 6.07) is -1.78. The van der Waals surface area contributed by atoms with Gasteiger partial charge in [-0.1, -0.05) is 54.4 Å². The number of amides is 2. The molecule has 0 spiro atoms. The summed E-state index contributed by atoms with van der Waals surface area (Å²) < 4.78 is 0. The first kappa shape index (κ1) is 24.4. The summed E-state index contributed by atoms with van der Waals surface area (Å²) in [4.78, 5) is 41.5. The van der Waals surface area contributed by atoms with Crippen LogP contribution in [0.4, 0.5) is 0 Å². The number of carboxylic acid groups (broad SMARTS) is 1. The molecule has 0 saturated carbocycles. The largest absolute Gasteiger partial charge is 0.480 e. The van der Waals surface area contributed by atoms with Crippen LogP contribution in [0.1, 0.15) is 67.2 Å². The van der Waals surface area contributed by atoms with Crippen molar-refractivity contribution in [2.75, 3.05) is 19.6 Å². The van der Waals surface area contributed by atoms with Crippen molar-refractivity contribution >= 4 is 17.8 Å². The van der Waals surface area contributed by atoms with Crippen LogP contribution in [-0.4, -0.2) is 70.4 Å². The molecular formula is C21H39N3O4. The Morgan fingerprint density at radius 1 is 1.07 bits per heavy atom. The summed E-state index contributed by atoms with van der Waals surface area (Å²) in [5.74, 6) is -1.29. The van der Waals surface area contributed by atoms with Gasteiger partial charge in [0.2, 0.25) is 11.8 Å². The fourth-order valence-electron chi connectivity index (χ4n) is 4.01. The van der Waals surface area contributed by atoms with Crippen LogP contribution in [0.2, 0.25) is 0 Å². The SMILES string of the molecule is CC[C@H](C)[C@H](NC(=O)[C@H]([C@@H](C)CC)N(CC)CC)C(=O)N1CCC[C@H]1C(=O)O. The van der Waals surface area contributed by atoms with E-state index in [4.69, 9.17) is 0 Å². The minimum atomic E-state index is -0.972. The molecule has 0 unspecified atom stereocenters. The summed E-state index contributed by atoms with van der Waals surface area (Å²) in [5, 5.41) is 12.4. The molecule has 0 aromatic rings. The normalized spacial score (nSPS) is 21.2. The lowest BCUT2D eigenvalue weighted by Gasteiger charge is -2.36. The molecule has 7 heteroatoms. The number of nitrogens with one attached hydrogen (secondary N) is 1. The highest BCUT2D eigenvalue weighted by Gasteiger charge is 2.40. The second kappa shape index (κ2) is 11.4. The van der Waals surface area contributed by atoms with Crippen molar-refractivity contribution < 1.29 is 19.5 Å². The number of hydrogen-bond donors (Lipinski definition) is 2. The minimum Gasteiger partial charge on any atom is -0.480 e. The summed E-state index contributed by atoms with van der Waals surface area (Å²) in [5.41, 5.74) is 0. The maximum Gasteiger partial charge on any atom is 0.326 e. The van der Waals surface area contributed by atoms with E-state index in [-0.39, 0.29) is 29.7 Å². The Balaban J connectivity index is 3.08. The van der Waals surface area contributed by atoms with Gasteiger partial charge in [-0.05, 0) is 37.8 Å². The highest BCUT2D eigenvalue weighted by atomic mass is 16.4. The monoisotopic (exact) mass is 397 g/mol. The Hall–Kier alpha value is -1.63. The van der Waals surface area contributed by atoms with E-state index in [0.717, 1.165) is 25.9 Å². The minimum absolute atomic E-state index is 0.0687. The van der Waals surface area contributed by atoms with Crippen LogP contribution in [0.3, 0.4) is 0 Å². The number of nitrogens with zero attached hydrogens (tertiary/aromatic N) is 2. The van der Waals surface area contributed by atoms with Gasteiger partial charge in [-0.3, -0.25) is 14.5 Å². The average Bonchev–Trinajstić information content (AvgIpc) is 3.18. The van der Waals surface area contributed by atoms with Gasteiger partial charge in [0, 0.05) is 6.54 Å². The van der Waals surface area contributed by atoms with Crippen LogP contribution in [0.15, 0.2) is 0 Å². The van der Waals surface area contributed by atoms with E-state index < -0.39 is 18.1 Å². The van der Waals surface area contributed by atoms with E-state index in [2.05, 4.69) is 24.1 Å². The van der Waals surface area contributed by atoms with E-state index in [1.165, 1.54) is 4.90 Å². The molecular weight excluding hydrogens is 358 g/mol. The number of likely N-dealkylation sites (N-methyl/N-ethyl adjacent to an activating group) is 1. The molecule has 1 aliphatic heterocycles. The van der Waals surface area contributed by atoms with Crippen LogP contribution >= 0.6 is 0 Å². The first-order valence-corrected chi connectivity index (χ1v) is 10.8. The highest BCUT2D eigenvalue weighted by Crippen LogP contribution is 2.22. The number of rotatable bonds is 11. The molecule has 1 saturated heterocycles. The molecule has 2 amide bonds. The fourth-order valence-corrected chi connectivity index (χ4v) is 4.01. The van der Waals surface area contributed by atoms with Gasteiger partial charge in [-0.15, -0.1) is 0 Å². The molecule has 28 heavy (non-hydrogen) atoms. The predicted molar refractivity (Wildman–Crippen MR) is 110 cm³/mol. The Morgan fingerprint density at radius 2 is 1.64 bits per heavy atom. The predicted octanol–water partition coefficient (Wildman–Crippen LogP) is 2.35. The second-order valence-electron chi connectivity index (χ2n) is 7.95. The van der Waals surface area contributed by atoms with E-state index in [1.807, 2.05) is 27.7 Å². The van der Waals surface area contributed by atoms with Gasteiger partial charge in [-0.25, -0.2) is 4.79 Å². The Bertz CT molecular complexity index is 536. The third-order valence-electron chi connectivity index (χ3n) is 6.26. The zero-order valence-corrected chi connectivity index (χ0v) is 18.4. The number of aliphatic carboxylic acids is 1. The molecule has 0 radical (unpaired) electrons. The van der Waals surface area contributed by atoms with Crippen LogP contribution < -0.4 is 5.32 Å². The van der Waals surface area contributed by atoms with Crippen molar-refractivity contribution in [3.63, 3.8) is 0 Å². The average molecular weight is 398 g/mol. The first-order chi connectivity index (χ1) is 13.2. The lowest BCUT2D eigenvalue weighted by Crippen LogP contribution is -2.58. The van der Waals surface area contributed by atoms with Crippen LogP contribution in [0.5, 0.6) is 0 Å². The zero-order chi connectivity index (χ0) is 21.4. The molecule has 1 heterocycles. The Labute approximate surface area is 169 Å². The fraction of sp³-hybridized carbons (Fsp3) is 0.857. The van der Waals surface area contributed by atoms with Gasteiger partial charge >= 0.3 is 5.97 Å². The molecule has 5 atom stereocenters. The number of carbonyl (C=O) groups is 3. The molecule has 0 aromatic heterocycles. The quantitative estimate of drug-likeness (QED) is 0.559. The second-order valence-corrected chi connectivity index (χ2v) is 7.95. The van der Waals surface area contributed by atoms with Crippen molar-refractivity contribution in [1.29, 1.82) is 0 Å². The molecule has 7 nitrogen and oxygen atoms in total. The highest BCUT2D eigenvalue weighted by molar-refractivity contribution is 5.92. The number of carboxylic acids is 1. The van der Waals surface area contributed by atoms with Gasteiger partial charge in [0.25, 0.3) is 0 Å². The van der Waals surface area contributed by atoms with Gasteiger partial charge < -0.3 is 15.3 Å². The molecule has 1 aliphatic rings. The van der Waals surface area contributed by atoms with E-state index in [1.54, 1.807) is 0 Å². The molecule has 0 bridgehead atoms. The first-order valence-electron chi connectivity index (χ1n) is 10.8. The maximum atomic E-state index is 13.2. The zero-order valence-electron chi connectivity index (χ0n) is 18.4. The van der Waals surface area contributed by atoms with Crippen molar-refractivity contribution in [1.82, 2.24) is 15.1 Å². The lowest BCUT2D eigenvalue weighted by molar-refractivity contribution is -0.150.